The molecule has 4 N–H and O–H groups in total. The zero-order chi connectivity index (χ0) is 12.4. The molecule has 88 valence electrons. The standard InChI is InChI=1S/C9H9BrN6S/c1-4-13-5(10)2-8(14-4)17-9-15-6(11)3-7(12)16-9/h2-3H,1H3,(H4,11,12,15,16). The van der Waals surface area contributed by atoms with Crippen LogP contribution in [0, 0.1) is 6.92 Å². The quantitative estimate of drug-likeness (QED) is 0.641. The summed E-state index contributed by atoms with van der Waals surface area (Å²) in [5.41, 5.74) is 11.2. The van der Waals surface area contributed by atoms with E-state index in [1.165, 1.54) is 17.8 Å². The zero-order valence-electron chi connectivity index (χ0n) is 8.88. The second kappa shape index (κ2) is 4.84. The minimum absolute atomic E-state index is 0.338. The minimum Gasteiger partial charge on any atom is -0.383 e. The van der Waals surface area contributed by atoms with Gasteiger partial charge in [-0.2, -0.15) is 0 Å². The fourth-order valence-electron chi connectivity index (χ4n) is 1.16. The van der Waals surface area contributed by atoms with E-state index in [4.69, 9.17) is 11.5 Å². The highest BCUT2D eigenvalue weighted by atomic mass is 79.9. The highest BCUT2D eigenvalue weighted by Gasteiger charge is 2.06. The molecule has 0 saturated carbocycles. The average molecular weight is 313 g/mol. The van der Waals surface area contributed by atoms with Gasteiger partial charge in [-0.15, -0.1) is 0 Å². The predicted octanol–water partition coefficient (Wildman–Crippen LogP) is 1.65. The van der Waals surface area contributed by atoms with E-state index in [1.54, 1.807) is 6.07 Å². The van der Waals surface area contributed by atoms with Crippen LogP contribution in [0.2, 0.25) is 0 Å². The maximum Gasteiger partial charge on any atom is 0.197 e. The van der Waals surface area contributed by atoms with Crippen LogP contribution in [0.1, 0.15) is 5.82 Å². The molecule has 0 atom stereocenters. The first-order chi connectivity index (χ1) is 8.02. The number of anilines is 2. The molecule has 0 aromatic carbocycles. The molecule has 0 bridgehead atoms. The zero-order valence-corrected chi connectivity index (χ0v) is 11.3. The largest absolute Gasteiger partial charge is 0.383 e. The number of nitrogen functional groups attached to an aromatic ring is 2. The van der Waals surface area contributed by atoms with Crippen LogP contribution in [0.3, 0.4) is 0 Å². The van der Waals surface area contributed by atoms with E-state index in [1.807, 2.05) is 6.92 Å². The van der Waals surface area contributed by atoms with E-state index < -0.39 is 0 Å². The van der Waals surface area contributed by atoms with Crippen LogP contribution >= 0.6 is 27.7 Å². The highest BCUT2D eigenvalue weighted by molar-refractivity contribution is 9.10. The van der Waals surface area contributed by atoms with E-state index >= 15 is 0 Å². The molecular weight excluding hydrogens is 304 g/mol. The summed E-state index contributed by atoms with van der Waals surface area (Å²) in [5.74, 6) is 1.34. The van der Waals surface area contributed by atoms with Crippen LogP contribution in [0.15, 0.2) is 26.9 Å². The topological polar surface area (TPSA) is 104 Å². The van der Waals surface area contributed by atoms with Crippen LogP contribution < -0.4 is 11.5 Å². The van der Waals surface area contributed by atoms with Gasteiger partial charge < -0.3 is 11.5 Å². The second-order valence-electron chi connectivity index (χ2n) is 3.18. The van der Waals surface area contributed by atoms with Crippen molar-refractivity contribution in [2.75, 3.05) is 11.5 Å². The number of nitrogens with zero attached hydrogens (tertiary/aromatic N) is 4. The van der Waals surface area contributed by atoms with E-state index in [0.29, 0.717) is 27.2 Å². The SMILES string of the molecule is Cc1nc(Br)cc(Sc2nc(N)cc(N)n2)n1. The van der Waals surface area contributed by atoms with Gasteiger partial charge >= 0.3 is 0 Å². The van der Waals surface area contributed by atoms with Crippen molar-refractivity contribution in [3.63, 3.8) is 0 Å². The maximum atomic E-state index is 5.59. The van der Waals surface area contributed by atoms with Crippen molar-refractivity contribution in [2.24, 2.45) is 0 Å². The summed E-state index contributed by atoms with van der Waals surface area (Å²) >= 11 is 4.58. The molecule has 0 aliphatic rings. The van der Waals surface area contributed by atoms with Gasteiger partial charge in [0.25, 0.3) is 0 Å². The Balaban J connectivity index is 2.31. The van der Waals surface area contributed by atoms with Gasteiger partial charge in [-0.3, -0.25) is 0 Å². The van der Waals surface area contributed by atoms with Crippen molar-refractivity contribution in [3.8, 4) is 0 Å². The molecule has 2 rings (SSSR count). The third-order valence-corrected chi connectivity index (χ3v) is 2.91. The molecule has 2 heterocycles. The normalized spacial score (nSPS) is 10.5. The van der Waals surface area contributed by atoms with Crippen LogP contribution in [-0.4, -0.2) is 19.9 Å². The highest BCUT2D eigenvalue weighted by Crippen LogP contribution is 2.25. The third-order valence-electron chi connectivity index (χ3n) is 1.72. The van der Waals surface area contributed by atoms with E-state index in [9.17, 15) is 0 Å². The Morgan fingerprint density at radius 2 is 1.71 bits per heavy atom. The molecule has 0 fully saturated rings. The molecule has 0 unspecified atom stereocenters. The summed E-state index contributed by atoms with van der Waals surface area (Å²) in [6.07, 6.45) is 0. The van der Waals surface area contributed by atoms with Crippen molar-refractivity contribution in [1.82, 2.24) is 19.9 Å². The van der Waals surface area contributed by atoms with Gasteiger partial charge in [-0.25, -0.2) is 19.9 Å². The van der Waals surface area contributed by atoms with Gasteiger partial charge in [-0.05, 0) is 34.6 Å². The lowest BCUT2D eigenvalue weighted by Gasteiger charge is -2.03. The van der Waals surface area contributed by atoms with Crippen LogP contribution in [-0.2, 0) is 0 Å². The van der Waals surface area contributed by atoms with E-state index in [-0.39, 0.29) is 0 Å². The van der Waals surface area contributed by atoms with Gasteiger partial charge in [0, 0.05) is 12.1 Å². The Kier molecular flexibility index (Phi) is 3.43. The number of rotatable bonds is 2. The smallest absolute Gasteiger partial charge is 0.197 e. The van der Waals surface area contributed by atoms with Crippen LogP contribution in [0.25, 0.3) is 0 Å². The lowest BCUT2D eigenvalue weighted by Crippen LogP contribution is -1.99. The lowest BCUT2D eigenvalue weighted by atomic mass is 10.5. The van der Waals surface area contributed by atoms with E-state index in [0.717, 1.165) is 5.03 Å². The monoisotopic (exact) mass is 312 g/mol. The van der Waals surface area contributed by atoms with Gasteiger partial charge in [0.05, 0.1) is 0 Å². The first kappa shape index (κ1) is 12.1. The molecule has 17 heavy (non-hydrogen) atoms. The molecule has 0 amide bonds. The Hall–Kier alpha value is -1.41. The first-order valence-corrected chi connectivity index (χ1v) is 6.23. The molecule has 0 spiro atoms. The summed E-state index contributed by atoms with van der Waals surface area (Å²) in [4.78, 5) is 16.5. The summed E-state index contributed by atoms with van der Waals surface area (Å²) in [6, 6.07) is 3.28. The number of hydrogen-bond acceptors (Lipinski definition) is 7. The van der Waals surface area contributed by atoms with Gasteiger partial charge in [0.2, 0.25) is 0 Å². The molecule has 0 aliphatic carbocycles. The summed E-state index contributed by atoms with van der Waals surface area (Å²) < 4.78 is 0.712. The molecular formula is C9H9BrN6S. The molecule has 0 aliphatic heterocycles. The number of aromatic nitrogens is 4. The third kappa shape index (κ3) is 3.27. The molecule has 2 aromatic heterocycles. The second-order valence-corrected chi connectivity index (χ2v) is 4.98. The van der Waals surface area contributed by atoms with Gasteiger partial charge in [0.1, 0.15) is 27.1 Å². The predicted molar refractivity (Wildman–Crippen MR) is 69.4 cm³/mol. The molecule has 2 aromatic rings. The number of hydrogen-bond donors (Lipinski definition) is 2. The Morgan fingerprint density at radius 3 is 2.29 bits per heavy atom. The summed E-state index contributed by atoms with van der Waals surface area (Å²) in [7, 11) is 0. The Labute approximate surface area is 110 Å². The Morgan fingerprint density at radius 1 is 1.06 bits per heavy atom. The molecule has 8 heteroatoms. The van der Waals surface area contributed by atoms with Crippen molar-refractivity contribution in [2.45, 2.75) is 17.1 Å². The number of nitrogens with two attached hydrogens (primary N) is 2. The maximum absolute atomic E-state index is 5.59. The Bertz CT molecular complexity index is 471. The van der Waals surface area contributed by atoms with Crippen molar-refractivity contribution in [3.05, 3.63) is 22.6 Å². The fraction of sp³-hybridized carbons (Fsp3) is 0.111. The summed E-state index contributed by atoms with van der Waals surface area (Å²) in [5, 5.41) is 1.20. The summed E-state index contributed by atoms with van der Waals surface area (Å²) in [6.45, 7) is 1.81. The van der Waals surface area contributed by atoms with Crippen LogP contribution in [0.5, 0.6) is 0 Å². The molecule has 6 nitrogen and oxygen atoms in total. The average Bonchev–Trinajstić information content (AvgIpc) is 2.13. The van der Waals surface area contributed by atoms with E-state index in [2.05, 4.69) is 35.9 Å². The van der Waals surface area contributed by atoms with Crippen molar-refractivity contribution in [1.29, 1.82) is 0 Å². The number of aryl methyl sites for hydroxylation is 1. The van der Waals surface area contributed by atoms with Crippen molar-refractivity contribution < 1.29 is 0 Å². The minimum atomic E-state index is 0.338. The number of halogens is 1. The fourth-order valence-corrected chi connectivity index (χ4v) is 2.62. The van der Waals surface area contributed by atoms with Crippen LogP contribution in [0.4, 0.5) is 11.6 Å². The molecule has 0 radical (unpaired) electrons. The molecule has 0 saturated heterocycles. The van der Waals surface area contributed by atoms with Gasteiger partial charge in [0.15, 0.2) is 5.16 Å². The van der Waals surface area contributed by atoms with Crippen molar-refractivity contribution >= 4 is 39.3 Å². The first-order valence-electron chi connectivity index (χ1n) is 4.62. The lowest BCUT2D eigenvalue weighted by molar-refractivity contribution is 0.934. The van der Waals surface area contributed by atoms with Gasteiger partial charge in [-0.1, -0.05) is 0 Å².